The Kier molecular flexibility index (Phi) is 7.39. The lowest BCUT2D eigenvalue weighted by Crippen LogP contribution is -2.36. The lowest BCUT2D eigenvalue weighted by atomic mass is 10.2. The van der Waals surface area contributed by atoms with Gasteiger partial charge in [-0.3, -0.25) is 10.1 Å². The summed E-state index contributed by atoms with van der Waals surface area (Å²) in [6.07, 6.45) is 0. The van der Waals surface area contributed by atoms with Crippen molar-refractivity contribution in [3.8, 4) is 11.3 Å². The van der Waals surface area contributed by atoms with E-state index in [1.807, 2.05) is 44.2 Å². The molecule has 6 nitrogen and oxygen atoms in total. The van der Waals surface area contributed by atoms with E-state index in [1.54, 1.807) is 17.5 Å². The average molecular weight is 510 g/mol. The number of amides is 1. The first-order valence-corrected chi connectivity index (χ1v) is 13.2. The van der Waals surface area contributed by atoms with Crippen molar-refractivity contribution < 1.29 is 17.6 Å². The highest BCUT2D eigenvalue weighted by atomic mass is 32.2. The van der Waals surface area contributed by atoms with Crippen LogP contribution in [-0.4, -0.2) is 29.7 Å². The number of hydrogen-bond donors (Lipinski definition) is 1. The van der Waals surface area contributed by atoms with E-state index in [1.165, 1.54) is 52.0 Å². The molecule has 9 heteroatoms. The summed E-state index contributed by atoms with van der Waals surface area (Å²) in [7, 11) is -3.77. The molecule has 35 heavy (non-hydrogen) atoms. The van der Waals surface area contributed by atoms with Crippen molar-refractivity contribution >= 4 is 32.4 Å². The van der Waals surface area contributed by atoms with Crippen LogP contribution in [0.25, 0.3) is 11.3 Å². The summed E-state index contributed by atoms with van der Waals surface area (Å²) in [5.74, 6) is -0.737. The van der Waals surface area contributed by atoms with Gasteiger partial charge in [0.1, 0.15) is 5.82 Å². The first-order valence-electron chi connectivity index (χ1n) is 10.9. The number of carbonyl (C=O) groups excluding carboxylic acids is 1. The molecule has 0 aliphatic heterocycles. The van der Waals surface area contributed by atoms with Crippen LogP contribution in [0.1, 0.15) is 29.8 Å². The van der Waals surface area contributed by atoms with Gasteiger partial charge in [0.25, 0.3) is 5.91 Å². The highest BCUT2D eigenvalue weighted by Crippen LogP contribution is 2.26. The first kappa shape index (κ1) is 24.7. The van der Waals surface area contributed by atoms with Crippen LogP contribution >= 0.6 is 11.3 Å². The van der Waals surface area contributed by atoms with E-state index < -0.39 is 15.9 Å². The summed E-state index contributed by atoms with van der Waals surface area (Å²) in [5.41, 5.74) is 2.56. The van der Waals surface area contributed by atoms with Gasteiger partial charge in [-0.1, -0.05) is 30.3 Å². The number of nitrogens with one attached hydrogen (secondary N) is 1. The third-order valence-electron chi connectivity index (χ3n) is 5.34. The number of thiazole rings is 1. The Balaban J connectivity index is 1.47. The summed E-state index contributed by atoms with van der Waals surface area (Å²) in [6, 6.07) is 20.9. The molecule has 1 N–H and O–H groups in total. The number of sulfonamides is 1. The maximum atomic E-state index is 13.3. The van der Waals surface area contributed by atoms with E-state index >= 15 is 0 Å². The van der Waals surface area contributed by atoms with E-state index in [0.29, 0.717) is 16.4 Å². The number of rotatable bonds is 8. The average Bonchev–Trinajstić information content (AvgIpc) is 3.32. The van der Waals surface area contributed by atoms with Gasteiger partial charge < -0.3 is 0 Å². The van der Waals surface area contributed by atoms with Crippen molar-refractivity contribution in [2.75, 3.05) is 5.32 Å². The van der Waals surface area contributed by atoms with Gasteiger partial charge in [0, 0.05) is 29.1 Å². The highest BCUT2D eigenvalue weighted by Gasteiger charge is 2.27. The van der Waals surface area contributed by atoms with Crippen LogP contribution in [0.2, 0.25) is 0 Å². The van der Waals surface area contributed by atoms with E-state index in [0.717, 1.165) is 11.1 Å². The number of halogens is 1. The van der Waals surface area contributed by atoms with Crippen LogP contribution in [0, 0.1) is 5.82 Å². The molecule has 4 rings (SSSR count). The van der Waals surface area contributed by atoms with Crippen LogP contribution < -0.4 is 5.32 Å². The van der Waals surface area contributed by atoms with Crippen LogP contribution in [-0.2, 0) is 16.6 Å². The second kappa shape index (κ2) is 10.5. The number of nitrogens with zero attached hydrogens (tertiary/aromatic N) is 2. The number of aromatic nitrogens is 1. The van der Waals surface area contributed by atoms with Gasteiger partial charge in [-0.15, -0.1) is 11.3 Å². The maximum Gasteiger partial charge on any atom is 0.257 e. The predicted octanol–water partition coefficient (Wildman–Crippen LogP) is 5.80. The first-order chi connectivity index (χ1) is 16.7. The highest BCUT2D eigenvalue weighted by molar-refractivity contribution is 7.89. The Morgan fingerprint density at radius 3 is 2.29 bits per heavy atom. The maximum absolute atomic E-state index is 13.3. The van der Waals surface area contributed by atoms with E-state index in [2.05, 4.69) is 10.3 Å². The molecule has 0 fully saturated rings. The molecule has 0 spiro atoms. The lowest BCUT2D eigenvalue weighted by Gasteiger charge is -2.26. The molecule has 0 unspecified atom stereocenters. The smallest absolute Gasteiger partial charge is 0.257 e. The molecular formula is C26H24FN3O3S2. The molecule has 0 saturated heterocycles. The van der Waals surface area contributed by atoms with E-state index in [-0.39, 0.29) is 23.3 Å². The fraction of sp³-hybridized carbons (Fsp3) is 0.154. The number of benzene rings is 3. The molecule has 4 aromatic rings. The molecule has 1 heterocycles. The second-order valence-corrected chi connectivity index (χ2v) is 10.9. The Morgan fingerprint density at radius 2 is 1.66 bits per heavy atom. The zero-order chi connectivity index (χ0) is 25.0. The normalized spacial score (nSPS) is 11.7. The van der Waals surface area contributed by atoms with Crippen LogP contribution in [0.3, 0.4) is 0 Å². The van der Waals surface area contributed by atoms with Crippen molar-refractivity contribution in [2.24, 2.45) is 0 Å². The minimum atomic E-state index is -3.77. The van der Waals surface area contributed by atoms with Gasteiger partial charge in [0.05, 0.1) is 10.6 Å². The van der Waals surface area contributed by atoms with E-state index in [9.17, 15) is 17.6 Å². The summed E-state index contributed by atoms with van der Waals surface area (Å²) in [6.45, 7) is 3.91. The summed E-state index contributed by atoms with van der Waals surface area (Å²) in [5, 5.41) is 4.88. The Labute approximate surface area is 208 Å². The van der Waals surface area contributed by atoms with Crippen molar-refractivity contribution in [1.29, 1.82) is 0 Å². The zero-order valence-corrected chi connectivity index (χ0v) is 20.8. The Hall–Kier alpha value is -3.40. The van der Waals surface area contributed by atoms with Gasteiger partial charge in [-0.25, -0.2) is 17.8 Å². The Bertz CT molecular complexity index is 1400. The number of carbonyl (C=O) groups is 1. The molecule has 1 aromatic heterocycles. The van der Waals surface area contributed by atoms with Gasteiger partial charge >= 0.3 is 0 Å². The lowest BCUT2D eigenvalue weighted by molar-refractivity contribution is 0.102. The molecule has 0 atom stereocenters. The van der Waals surface area contributed by atoms with Crippen molar-refractivity contribution in [3.05, 3.63) is 101 Å². The largest absolute Gasteiger partial charge is 0.298 e. The van der Waals surface area contributed by atoms with Crippen LogP contribution in [0.15, 0.2) is 89.1 Å². The molecule has 0 aliphatic rings. The predicted molar refractivity (Wildman–Crippen MR) is 136 cm³/mol. The fourth-order valence-electron chi connectivity index (χ4n) is 3.48. The van der Waals surface area contributed by atoms with Crippen LogP contribution in [0.5, 0.6) is 0 Å². The standard InChI is InChI=1S/C26H24FN3O3S2/c1-18(2)30(16-19-6-4-3-5-7-19)35(32,33)23-14-10-21(11-15-23)25(31)29-26-28-24(17-34-26)20-8-12-22(27)13-9-20/h3-15,17-18H,16H2,1-2H3,(H,28,29,31). The molecular weight excluding hydrogens is 485 g/mol. The van der Waals surface area contributed by atoms with Gasteiger partial charge in [-0.2, -0.15) is 4.31 Å². The molecule has 3 aromatic carbocycles. The molecule has 180 valence electrons. The van der Waals surface area contributed by atoms with Crippen molar-refractivity contribution in [2.45, 2.75) is 31.3 Å². The van der Waals surface area contributed by atoms with E-state index in [4.69, 9.17) is 0 Å². The fourth-order valence-corrected chi connectivity index (χ4v) is 5.82. The monoisotopic (exact) mass is 509 g/mol. The molecule has 0 bridgehead atoms. The molecule has 0 radical (unpaired) electrons. The zero-order valence-electron chi connectivity index (χ0n) is 19.2. The van der Waals surface area contributed by atoms with Gasteiger partial charge in [-0.05, 0) is 67.9 Å². The summed E-state index contributed by atoms with van der Waals surface area (Å²) >= 11 is 1.25. The third-order valence-corrected chi connectivity index (χ3v) is 8.14. The topological polar surface area (TPSA) is 79.4 Å². The van der Waals surface area contributed by atoms with Crippen LogP contribution in [0.4, 0.5) is 9.52 Å². The summed E-state index contributed by atoms with van der Waals surface area (Å²) < 4.78 is 41.2. The summed E-state index contributed by atoms with van der Waals surface area (Å²) in [4.78, 5) is 17.2. The van der Waals surface area contributed by atoms with Crippen molar-refractivity contribution in [1.82, 2.24) is 9.29 Å². The number of anilines is 1. The van der Waals surface area contributed by atoms with Crippen molar-refractivity contribution in [3.63, 3.8) is 0 Å². The minimum absolute atomic E-state index is 0.117. The number of hydrogen-bond acceptors (Lipinski definition) is 5. The molecule has 0 saturated carbocycles. The third kappa shape index (κ3) is 5.82. The molecule has 0 aliphatic carbocycles. The minimum Gasteiger partial charge on any atom is -0.298 e. The Morgan fingerprint density at radius 1 is 1.00 bits per heavy atom. The molecule has 1 amide bonds. The second-order valence-electron chi connectivity index (χ2n) is 8.15. The van der Waals surface area contributed by atoms with Gasteiger partial charge in [0.15, 0.2) is 5.13 Å². The quantitative estimate of drug-likeness (QED) is 0.326. The van der Waals surface area contributed by atoms with Gasteiger partial charge in [0.2, 0.25) is 10.0 Å². The SMILES string of the molecule is CC(C)N(Cc1ccccc1)S(=O)(=O)c1ccc(C(=O)Nc2nc(-c3ccc(F)cc3)cs2)cc1.